The number of hydrogen-bond donors (Lipinski definition) is 2. The molecule has 0 aliphatic heterocycles. The van der Waals surface area contributed by atoms with Gasteiger partial charge in [0.25, 0.3) is 0 Å². The first-order chi connectivity index (χ1) is 8.97. The number of primary amides is 1. The van der Waals surface area contributed by atoms with Gasteiger partial charge in [0.05, 0.1) is 6.10 Å². The number of rotatable bonds is 6. The third-order valence-electron chi connectivity index (χ3n) is 2.73. The fourth-order valence-electron chi connectivity index (χ4n) is 1.80. The van der Waals surface area contributed by atoms with Crippen LogP contribution < -0.4 is 5.73 Å². The number of amides is 1. The zero-order chi connectivity index (χ0) is 14.4. The van der Waals surface area contributed by atoms with Gasteiger partial charge in [0.1, 0.15) is 0 Å². The Kier molecular flexibility index (Phi) is 6.42. The van der Waals surface area contributed by atoms with Gasteiger partial charge in [-0.25, -0.2) is 4.79 Å². The minimum Gasteiger partial charge on any atom is -0.439 e. The normalized spacial score (nSPS) is 13.9. The van der Waals surface area contributed by atoms with E-state index >= 15 is 0 Å². The van der Waals surface area contributed by atoms with Crippen molar-refractivity contribution < 1.29 is 14.6 Å². The molecule has 0 aromatic heterocycles. The van der Waals surface area contributed by atoms with Crippen molar-refractivity contribution in [3.05, 3.63) is 33.8 Å². The van der Waals surface area contributed by atoms with Crippen LogP contribution in [-0.4, -0.2) is 17.3 Å². The first-order valence-corrected chi connectivity index (χ1v) is 6.81. The van der Waals surface area contributed by atoms with Gasteiger partial charge in [0.15, 0.2) is 6.10 Å². The summed E-state index contributed by atoms with van der Waals surface area (Å²) in [5, 5.41) is 10.8. The summed E-state index contributed by atoms with van der Waals surface area (Å²) in [4.78, 5) is 11.0. The lowest BCUT2D eigenvalue weighted by Crippen LogP contribution is -2.27. The van der Waals surface area contributed by atoms with Crippen LogP contribution in [0.4, 0.5) is 4.79 Å². The molecule has 1 aromatic rings. The van der Waals surface area contributed by atoms with E-state index in [1.807, 2.05) is 6.92 Å². The van der Waals surface area contributed by atoms with Crippen LogP contribution in [0.2, 0.25) is 10.0 Å². The first kappa shape index (κ1) is 16.1. The summed E-state index contributed by atoms with van der Waals surface area (Å²) in [7, 11) is 0. The Balaban J connectivity index is 3.05. The van der Waals surface area contributed by atoms with Crippen molar-refractivity contribution in [3.8, 4) is 0 Å². The second kappa shape index (κ2) is 7.58. The van der Waals surface area contributed by atoms with Crippen LogP contribution in [0.5, 0.6) is 0 Å². The Morgan fingerprint density at radius 2 is 2.00 bits per heavy atom. The molecule has 2 unspecified atom stereocenters. The molecule has 0 aliphatic rings. The summed E-state index contributed by atoms with van der Waals surface area (Å²) < 4.78 is 4.98. The van der Waals surface area contributed by atoms with E-state index in [0.29, 0.717) is 22.0 Å². The van der Waals surface area contributed by atoms with Crippen molar-refractivity contribution in [2.45, 2.75) is 38.4 Å². The third kappa shape index (κ3) is 4.56. The smallest absolute Gasteiger partial charge is 0.405 e. The van der Waals surface area contributed by atoms with Gasteiger partial charge >= 0.3 is 6.09 Å². The highest BCUT2D eigenvalue weighted by atomic mass is 35.5. The molecule has 1 amide bonds. The van der Waals surface area contributed by atoms with Crippen LogP contribution in [0, 0.1) is 0 Å². The number of halogens is 2. The highest BCUT2D eigenvalue weighted by Crippen LogP contribution is 2.35. The fraction of sp³-hybridized carbons (Fsp3) is 0.462. The van der Waals surface area contributed by atoms with Crippen molar-refractivity contribution in [2.24, 2.45) is 5.73 Å². The number of nitrogens with two attached hydrogens (primary N) is 1. The Hall–Kier alpha value is -0.970. The average molecular weight is 306 g/mol. The third-order valence-corrected chi connectivity index (χ3v) is 3.39. The van der Waals surface area contributed by atoms with E-state index in [9.17, 15) is 9.90 Å². The molecule has 2 atom stereocenters. The summed E-state index contributed by atoms with van der Waals surface area (Å²) in [5.41, 5.74) is 5.42. The second-order valence-corrected chi connectivity index (χ2v) is 5.02. The molecule has 0 aliphatic carbocycles. The van der Waals surface area contributed by atoms with Gasteiger partial charge in [-0.15, -0.1) is 0 Å². The zero-order valence-electron chi connectivity index (χ0n) is 10.6. The summed E-state index contributed by atoms with van der Waals surface area (Å²) in [5.74, 6) is 0. The minimum atomic E-state index is -0.975. The molecule has 4 nitrogen and oxygen atoms in total. The van der Waals surface area contributed by atoms with E-state index in [2.05, 4.69) is 0 Å². The predicted octanol–water partition coefficient (Wildman–Crippen LogP) is 3.68. The Morgan fingerprint density at radius 3 is 2.47 bits per heavy atom. The number of benzene rings is 1. The van der Waals surface area contributed by atoms with Gasteiger partial charge < -0.3 is 15.6 Å². The van der Waals surface area contributed by atoms with E-state index in [-0.39, 0.29) is 0 Å². The maximum Gasteiger partial charge on any atom is 0.405 e. The molecule has 0 spiro atoms. The Morgan fingerprint density at radius 1 is 1.42 bits per heavy atom. The maximum atomic E-state index is 11.0. The molecular formula is C13H17Cl2NO3. The fourth-order valence-corrected chi connectivity index (χ4v) is 2.41. The zero-order valence-corrected chi connectivity index (χ0v) is 12.1. The number of unbranched alkanes of at least 4 members (excludes halogenated alkanes) is 1. The standard InChI is InChI=1S/C13H17Cl2NO3/c1-2-3-7-10(17)12(19-13(16)18)11-8(14)5-4-6-9(11)15/h4-6,10,12,17H,2-3,7H2,1H3,(H2,16,18). The number of carbonyl (C=O) groups is 1. The van der Waals surface area contributed by atoms with E-state index in [1.54, 1.807) is 18.2 Å². The molecule has 6 heteroatoms. The van der Waals surface area contributed by atoms with Gasteiger partial charge in [0, 0.05) is 15.6 Å². The van der Waals surface area contributed by atoms with Crippen molar-refractivity contribution in [2.75, 3.05) is 0 Å². The molecule has 19 heavy (non-hydrogen) atoms. The lowest BCUT2D eigenvalue weighted by Gasteiger charge is -2.24. The lowest BCUT2D eigenvalue weighted by molar-refractivity contribution is 0.0000131. The number of ether oxygens (including phenoxy) is 1. The van der Waals surface area contributed by atoms with Crippen LogP contribution >= 0.6 is 23.2 Å². The van der Waals surface area contributed by atoms with Crippen molar-refractivity contribution in [3.63, 3.8) is 0 Å². The van der Waals surface area contributed by atoms with E-state index < -0.39 is 18.3 Å². The van der Waals surface area contributed by atoms with Crippen LogP contribution in [0.1, 0.15) is 37.9 Å². The average Bonchev–Trinajstić information content (AvgIpc) is 2.34. The molecule has 0 heterocycles. The summed E-state index contributed by atoms with van der Waals surface area (Å²) >= 11 is 12.1. The Bertz CT molecular complexity index is 420. The van der Waals surface area contributed by atoms with Gasteiger partial charge in [-0.2, -0.15) is 0 Å². The molecule has 3 N–H and O–H groups in total. The van der Waals surface area contributed by atoms with Crippen LogP contribution in [0.15, 0.2) is 18.2 Å². The molecule has 1 aromatic carbocycles. The first-order valence-electron chi connectivity index (χ1n) is 6.05. The molecule has 0 radical (unpaired) electrons. The highest BCUT2D eigenvalue weighted by Gasteiger charge is 2.28. The molecule has 1 rings (SSSR count). The van der Waals surface area contributed by atoms with Gasteiger partial charge in [-0.3, -0.25) is 0 Å². The van der Waals surface area contributed by atoms with Crippen LogP contribution in [0.25, 0.3) is 0 Å². The topological polar surface area (TPSA) is 72.6 Å². The second-order valence-electron chi connectivity index (χ2n) is 4.20. The number of hydrogen-bond acceptors (Lipinski definition) is 3. The molecule has 0 saturated carbocycles. The van der Waals surface area contributed by atoms with Crippen molar-refractivity contribution in [1.82, 2.24) is 0 Å². The highest BCUT2D eigenvalue weighted by molar-refractivity contribution is 6.36. The Labute approximate surface area is 122 Å². The largest absolute Gasteiger partial charge is 0.439 e. The van der Waals surface area contributed by atoms with Gasteiger partial charge in [0.2, 0.25) is 0 Å². The monoisotopic (exact) mass is 305 g/mol. The van der Waals surface area contributed by atoms with E-state index in [4.69, 9.17) is 33.7 Å². The number of carbonyl (C=O) groups excluding carboxylic acids is 1. The molecule has 0 saturated heterocycles. The molecular weight excluding hydrogens is 289 g/mol. The van der Waals surface area contributed by atoms with Gasteiger partial charge in [-0.1, -0.05) is 49.0 Å². The quantitative estimate of drug-likeness (QED) is 0.842. The molecule has 0 bridgehead atoms. The number of aliphatic hydroxyl groups is 1. The van der Waals surface area contributed by atoms with Crippen molar-refractivity contribution >= 4 is 29.3 Å². The van der Waals surface area contributed by atoms with Crippen LogP contribution in [-0.2, 0) is 4.74 Å². The van der Waals surface area contributed by atoms with E-state index in [0.717, 1.165) is 12.8 Å². The molecule has 106 valence electrons. The minimum absolute atomic E-state index is 0.328. The SMILES string of the molecule is CCCCC(O)C(OC(N)=O)c1c(Cl)cccc1Cl. The van der Waals surface area contributed by atoms with E-state index in [1.165, 1.54) is 0 Å². The molecule has 0 fully saturated rings. The van der Waals surface area contributed by atoms with Gasteiger partial charge in [-0.05, 0) is 18.6 Å². The summed E-state index contributed by atoms with van der Waals surface area (Å²) in [6.07, 6.45) is -0.652. The maximum absolute atomic E-state index is 11.0. The summed E-state index contributed by atoms with van der Waals surface area (Å²) in [6.45, 7) is 2.00. The van der Waals surface area contributed by atoms with Crippen molar-refractivity contribution in [1.29, 1.82) is 0 Å². The summed E-state index contributed by atoms with van der Waals surface area (Å²) in [6, 6.07) is 4.91. The lowest BCUT2D eigenvalue weighted by atomic mass is 10.00. The van der Waals surface area contributed by atoms with Crippen LogP contribution in [0.3, 0.4) is 0 Å². The predicted molar refractivity (Wildman–Crippen MR) is 75.4 cm³/mol. The number of aliphatic hydroxyl groups excluding tert-OH is 1.